The molecule has 2 aromatic rings. The predicted octanol–water partition coefficient (Wildman–Crippen LogP) is 4.08. The van der Waals surface area contributed by atoms with Crippen LogP contribution < -0.4 is 9.47 Å². The van der Waals surface area contributed by atoms with Crippen molar-refractivity contribution in [3.05, 3.63) is 41.2 Å². The van der Waals surface area contributed by atoms with Crippen LogP contribution in [-0.2, 0) is 18.4 Å². The molecule has 1 aromatic heterocycles. The average molecular weight is 394 g/mol. The first-order valence-electron chi connectivity index (χ1n) is 9.32. The second-order valence-electron chi connectivity index (χ2n) is 7.37. The van der Waals surface area contributed by atoms with Crippen molar-refractivity contribution >= 4 is 5.78 Å². The molecule has 150 valence electrons. The first kappa shape index (κ1) is 18.8. The molecule has 0 spiro atoms. The Morgan fingerprint density at radius 1 is 1.32 bits per heavy atom. The van der Waals surface area contributed by atoms with E-state index in [9.17, 15) is 18.0 Å². The summed E-state index contributed by atoms with van der Waals surface area (Å²) < 4.78 is 52.9. The number of imidazole rings is 1. The number of nitrogens with zero attached hydrogens (tertiary/aromatic N) is 2. The molecule has 0 bridgehead atoms. The van der Waals surface area contributed by atoms with E-state index < -0.39 is 11.6 Å². The van der Waals surface area contributed by atoms with Crippen LogP contribution >= 0.6 is 0 Å². The predicted molar refractivity (Wildman–Crippen MR) is 94.9 cm³/mol. The molecule has 1 aromatic carbocycles. The van der Waals surface area contributed by atoms with Gasteiger partial charge >= 0.3 is 6.18 Å². The van der Waals surface area contributed by atoms with Crippen LogP contribution in [0.4, 0.5) is 13.2 Å². The molecule has 5 nitrogen and oxygen atoms in total. The fraction of sp³-hybridized carbons (Fsp3) is 0.500. The molecule has 2 aliphatic rings. The Balaban J connectivity index is 1.38. The Bertz CT molecular complexity index is 899. The highest BCUT2D eigenvalue weighted by Crippen LogP contribution is 2.58. The molecule has 1 aliphatic carbocycles. The zero-order valence-corrected chi connectivity index (χ0v) is 15.7. The second kappa shape index (κ2) is 6.53. The van der Waals surface area contributed by atoms with Gasteiger partial charge in [-0.25, -0.2) is 0 Å². The summed E-state index contributed by atoms with van der Waals surface area (Å²) in [6, 6.07) is 6.53. The normalized spacial score (nSPS) is 19.8. The fourth-order valence-electron chi connectivity index (χ4n) is 3.78. The monoisotopic (exact) mass is 394 g/mol. The quantitative estimate of drug-likeness (QED) is 0.693. The van der Waals surface area contributed by atoms with Crippen molar-refractivity contribution in [1.82, 2.24) is 9.55 Å². The maximum Gasteiger partial charge on any atom is 0.398 e. The maximum atomic E-state index is 13.2. The van der Waals surface area contributed by atoms with Crippen LogP contribution in [0, 0.1) is 0 Å². The Morgan fingerprint density at radius 3 is 2.54 bits per heavy atom. The van der Waals surface area contributed by atoms with E-state index in [0.717, 1.165) is 5.69 Å². The molecule has 1 atom stereocenters. The molecule has 4 rings (SSSR count). The van der Waals surface area contributed by atoms with E-state index in [1.807, 2.05) is 11.5 Å². The van der Waals surface area contributed by atoms with Gasteiger partial charge in [0.1, 0.15) is 18.1 Å². The molecule has 0 unspecified atom stereocenters. The minimum Gasteiger partial charge on any atom is -0.490 e. The number of ketones is 1. The summed E-state index contributed by atoms with van der Waals surface area (Å²) >= 11 is 0. The Kier molecular flexibility index (Phi) is 4.39. The van der Waals surface area contributed by atoms with E-state index >= 15 is 0 Å². The number of rotatable bonds is 6. The van der Waals surface area contributed by atoms with Gasteiger partial charge in [0.2, 0.25) is 0 Å². The molecule has 1 saturated carbocycles. The first-order chi connectivity index (χ1) is 13.2. The SMILES string of the molecule is CCc1c(C(C)=O)nc2n1C[C@@H](COc1ccc(C3(C(F)(F)F)CC3)cc1)O2. The van der Waals surface area contributed by atoms with Gasteiger partial charge in [-0.3, -0.25) is 9.36 Å². The number of aromatic nitrogens is 2. The third-order valence-electron chi connectivity index (χ3n) is 5.50. The van der Waals surface area contributed by atoms with Crippen molar-refractivity contribution in [3.8, 4) is 11.8 Å². The van der Waals surface area contributed by atoms with Gasteiger partial charge in [-0.05, 0) is 37.0 Å². The third kappa shape index (κ3) is 3.04. The van der Waals surface area contributed by atoms with Gasteiger partial charge in [-0.1, -0.05) is 19.1 Å². The second-order valence-corrected chi connectivity index (χ2v) is 7.37. The van der Waals surface area contributed by atoms with Gasteiger partial charge in [-0.2, -0.15) is 18.2 Å². The molecule has 0 amide bonds. The number of hydrogen-bond donors (Lipinski definition) is 0. The Morgan fingerprint density at radius 2 is 2.00 bits per heavy atom. The smallest absolute Gasteiger partial charge is 0.398 e. The largest absolute Gasteiger partial charge is 0.490 e. The molecule has 2 heterocycles. The zero-order valence-electron chi connectivity index (χ0n) is 15.7. The highest BCUT2D eigenvalue weighted by molar-refractivity contribution is 5.93. The Hall–Kier alpha value is -2.51. The first-order valence-corrected chi connectivity index (χ1v) is 9.32. The number of carbonyl (C=O) groups excluding carboxylic acids is 1. The van der Waals surface area contributed by atoms with E-state index in [0.29, 0.717) is 30.4 Å². The highest BCUT2D eigenvalue weighted by atomic mass is 19.4. The lowest BCUT2D eigenvalue weighted by Gasteiger charge is -2.20. The molecule has 0 saturated heterocycles. The van der Waals surface area contributed by atoms with Gasteiger partial charge < -0.3 is 9.47 Å². The van der Waals surface area contributed by atoms with E-state index in [1.165, 1.54) is 19.1 Å². The molecule has 1 aliphatic heterocycles. The van der Waals surface area contributed by atoms with Crippen LogP contribution in [0.5, 0.6) is 11.8 Å². The summed E-state index contributed by atoms with van der Waals surface area (Å²) in [6.07, 6.45) is -3.54. The third-order valence-corrected chi connectivity index (χ3v) is 5.50. The minimum absolute atomic E-state index is 0.0949. The topological polar surface area (TPSA) is 53.4 Å². The van der Waals surface area contributed by atoms with Gasteiger partial charge in [-0.15, -0.1) is 0 Å². The number of halogens is 3. The van der Waals surface area contributed by atoms with Crippen LogP contribution in [0.1, 0.15) is 48.4 Å². The van der Waals surface area contributed by atoms with Crippen LogP contribution in [0.25, 0.3) is 0 Å². The zero-order chi connectivity index (χ0) is 20.1. The van der Waals surface area contributed by atoms with Crippen LogP contribution in [-0.4, -0.2) is 34.2 Å². The van der Waals surface area contributed by atoms with E-state index in [4.69, 9.17) is 9.47 Å². The fourth-order valence-corrected chi connectivity index (χ4v) is 3.78. The lowest BCUT2D eigenvalue weighted by atomic mass is 9.95. The van der Waals surface area contributed by atoms with Crippen molar-refractivity contribution < 1.29 is 27.4 Å². The molecular formula is C20H21F3N2O3. The van der Waals surface area contributed by atoms with Gasteiger partial charge in [0.05, 0.1) is 17.7 Å². The summed E-state index contributed by atoms with van der Waals surface area (Å²) in [5, 5.41) is 0. The Labute approximate surface area is 160 Å². The molecule has 28 heavy (non-hydrogen) atoms. The molecular weight excluding hydrogens is 373 g/mol. The number of benzene rings is 1. The highest BCUT2D eigenvalue weighted by Gasteiger charge is 2.64. The standard InChI is InChI=1S/C20H21F3N2O3/c1-3-16-17(12(2)26)24-18-25(16)10-15(28-18)11-27-14-6-4-13(5-7-14)19(8-9-19)20(21,22)23/h4-7,15H,3,8-11H2,1-2H3/t15-/m0/s1. The summed E-state index contributed by atoms with van der Waals surface area (Å²) in [5.74, 6) is 0.400. The number of fused-ring (bicyclic) bond motifs is 1. The van der Waals surface area contributed by atoms with Crippen molar-refractivity contribution in [2.45, 2.75) is 57.3 Å². The molecule has 8 heteroatoms. The molecule has 1 fully saturated rings. The summed E-state index contributed by atoms with van der Waals surface area (Å²) in [4.78, 5) is 15.9. The number of alkyl halides is 3. The number of ether oxygens (including phenoxy) is 2. The number of hydrogen-bond acceptors (Lipinski definition) is 4. The van der Waals surface area contributed by atoms with Crippen molar-refractivity contribution in [2.24, 2.45) is 0 Å². The maximum absolute atomic E-state index is 13.2. The summed E-state index contributed by atoms with van der Waals surface area (Å²) in [6.45, 7) is 4.20. The summed E-state index contributed by atoms with van der Waals surface area (Å²) in [5.41, 5.74) is -0.114. The van der Waals surface area contributed by atoms with Crippen LogP contribution in [0.15, 0.2) is 24.3 Å². The van der Waals surface area contributed by atoms with Gasteiger partial charge in [0.15, 0.2) is 11.9 Å². The lowest BCUT2D eigenvalue weighted by Crippen LogP contribution is -2.28. The average Bonchev–Trinajstić information content (AvgIpc) is 3.27. The van der Waals surface area contributed by atoms with E-state index in [2.05, 4.69) is 4.98 Å². The van der Waals surface area contributed by atoms with Gasteiger partial charge in [0, 0.05) is 6.92 Å². The van der Waals surface area contributed by atoms with Gasteiger partial charge in [0.25, 0.3) is 6.01 Å². The van der Waals surface area contributed by atoms with Crippen LogP contribution in [0.2, 0.25) is 0 Å². The summed E-state index contributed by atoms with van der Waals surface area (Å²) in [7, 11) is 0. The van der Waals surface area contributed by atoms with E-state index in [-0.39, 0.29) is 36.9 Å². The van der Waals surface area contributed by atoms with Crippen LogP contribution in [0.3, 0.4) is 0 Å². The number of Topliss-reactive ketones (excluding diaryl/α,β-unsaturated/α-hetero) is 1. The van der Waals surface area contributed by atoms with Crippen molar-refractivity contribution in [1.29, 1.82) is 0 Å². The van der Waals surface area contributed by atoms with E-state index in [1.54, 1.807) is 12.1 Å². The molecule has 0 N–H and O–H groups in total. The minimum atomic E-state index is -4.22. The van der Waals surface area contributed by atoms with Crippen molar-refractivity contribution in [3.63, 3.8) is 0 Å². The lowest BCUT2D eigenvalue weighted by molar-refractivity contribution is -0.160. The van der Waals surface area contributed by atoms with Crippen molar-refractivity contribution in [2.75, 3.05) is 6.61 Å². The number of carbonyl (C=O) groups is 1. The molecule has 0 radical (unpaired) electrons.